The Morgan fingerprint density at radius 1 is 1.04 bits per heavy atom. The summed E-state index contributed by atoms with van der Waals surface area (Å²) in [6.45, 7) is 2.89. The van der Waals surface area contributed by atoms with E-state index >= 15 is 0 Å². The number of hydrogen-bond acceptors (Lipinski definition) is 5. The van der Waals surface area contributed by atoms with Gasteiger partial charge in [0.15, 0.2) is 0 Å². The minimum Gasteiger partial charge on any atom is -0.327 e. The summed E-state index contributed by atoms with van der Waals surface area (Å²) in [5, 5.41) is 12.0. The van der Waals surface area contributed by atoms with Crippen molar-refractivity contribution < 1.29 is 0 Å². The Morgan fingerprint density at radius 2 is 1.79 bits per heavy atom. The second-order valence-electron chi connectivity index (χ2n) is 5.13. The highest BCUT2D eigenvalue weighted by molar-refractivity contribution is 5.62. The standard InChI is InChI=1S/C19H17N5/c1-2-24(17-6-4-3-5-7-17)18-12-13-21-19(23-18)22-16-10-8-15(14-20)9-11-16/h3-13H,2H2,1H3,(H,21,22,23). The predicted molar refractivity (Wildman–Crippen MR) is 95.6 cm³/mol. The predicted octanol–water partition coefficient (Wildman–Crippen LogP) is 4.25. The molecule has 0 aliphatic heterocycles. The maximum atomic E-state index is 8.85. The molecule has 0 unspecified atom stereocenters. The van der Waals surface area contributed by atoms with Gasteiger partial charge >= 0.3 is 0 Å². The lowest BCUT2D eigenvalue weighted by molar-refractivity contribution is 0.979. The zero-order valence-corrected chi connectivity index (χ0v) is 13.3. The zero-order valence-electron chi connectivity index (χ0n) is 13.3. The van der Waals surface area contributed by atoms with E-state index in [0.717, 1.165) is 23.7 Å². The molecule has 24 heavy (non-hydrogen) atoms. The number of rotatable bonds is 5. The normalized spacial score (nSPS) is 10.0. The van der Waals surface area contributed by atoms with E-state index in [2.05, 4.69) is 45.3 Å². The molecular weight excluding hydrogens is 298 g/mol. The first kappa shape index (κ1) is 15.5. The molecule has 0 saturated carbocycles. The van der Waals surface area contributed by atoms with Crippen LogP contribution in [0, 0.1) is 11.3 Å². The van der Waals surface area contributed by atoms with Crippen molar-refractivity contribution >= 4 is 23.1 Å². The number of nitrogens with zero attached hydrogens (tertiary/aromatic N) is 4. The molecule has 0 fully saturated rings. The van der Waals surface area contributed by atoms with Crippen LogP contribution in [0.2, 0.25) is 0 Å². The number of aromatic nitrogens is 2. The Balaban J connectivity index is 1.84. The fourth-order valence-electron chi connectivity index (χ4n) is 2.40. The Kier molecular flexibility index (Phi) is 4.68. The van der Waals surface area contributed by atoms with Gasteiger partial charge in [-0.2, -0.15) is 10.2 Å². The summed E-state index contributed by atoms with van der Waals surface area (Å²) < 4.78 is 0. The molecule has 0 aliphatic rings. The second kappa shape index (κ2) is 7.25. The fourth-order valence-corrected chi connectivity index (χ4v) is 2.40. The summed E-state index contributed by atoms with van der Waals surface area (Å²) in [5.74, 6) is 1.35. The second-order valence-corrected chi connectivity index (χ2v) is 5.13. The molecule has 1 heterocycles. The van der Waals surface area contributed by atoms with Gasteiger partial charge in [-0.15, -0.1) is 0 Å². The van der Waals surface area contributed by atoms with Crippen molar-refractivity contribution in [1.29, 1.82) is 5.26 Å². The highest BCUT2D eigenvalue weighted by Crippen LogP contribution is 2.24. The first-order valence-electron chi connectivity index (χ1n) is 7.73. The summed E-state index contributed by atoms with van der Waals surface area (Å²) >= 11 is 0. The average Bonchev–Trinajstić information content (AvgIpc) is 2.64. The topological polar surface area (TPSA) is 64.8 Å². The van der Waals surface area contributed by atoms with Crippen molar-refractivity contribution in [3.05, 3.63) is 72.4 Å². The molecule has 0 atom stereocenters. The van der Waals surface area contributed by atoms with Gasteiger partial charge in [0.05, 0.1) is 11.6 Å². The van der Waals surface area contributed by atoms with Gasteiger partial charge in [0, 0.05) is 24.1 Å². The molecule has 2 aromatic carbocycles. The minimum absolute atomic E-state index is 0.520. The molecule has 5 nitrogen and oxygen atoms in total. The number of benzene rings is 2. The lowest BCUT2D eigenvalue weighted by atomic mass is 10.2. The van der Waals surface area contributed by atoms with Crippen molar-refractivity contribution in [3.63, 3.8) is 0 Å². The molecule has 3 rings (SSSR count). The van der Waals surface area contributed by atoms with Crippen molar-refractivity contribution in [1.82, 2.24) is 9.97 Å². The molecule has 1 aromatic heterocycles. The number of hydrogen-bond donors (Lipinski definition) is 1. The largest absolute Gasteiger partial charge is 0.327 e. The average molecular weight is 315 g/mol. The Hall–Kier alpha value is -3.39. The molecule has 0 amide bonds. The third-order valence-electron chi connectivity index (χ3n) is 3.57. The van der Waals surface area contributed by atoms with E-state index in [-0.39, 0.29) is 0 Å². The highest BCUT2D eigenvalue weighted by atomic mass is 15.2. The van der Waals surface area contributed by atoms with Gasteiger partial charge in [-0.3, -0.25) is 0 Å². The molecule has 3 aromatic rings. The van der Waals surface area contributed by atoms with E-state index in [1.807, 2.05) is 36.4 Å². The van der Waals surface area contributed by atoms with E-state index in [1.54, 1.807) is 18.3 Å². The molecule has 0 aliphatic carbocycles. The van der Waals surface area contributed by atoms with Crippen molar-refractivity contribution in [2.24, 2.45) is 0 Å². The van der Waals surface area contributed by atoms with Gasteiger partial charge in [-0.25, -0.2) is 4.98 Å². The van der Waals surface area contributed by atoms with Crippen LogP contribution in [0.3, 0.4) is 0 Å². The maximum absolute atomic E-state index is 8.85. The van der Waals surface area contributed by atoms with E-state index in [9.17, 15) is 0 Å². The van der Waals surface area contributed by atoms with Gasteiger partial charge in [-0.05, 0) is 49.4 Å². The van der Waals surface area contributed by atoms with Gasteiger partial charge in [0.1, 0.15) is 5.82 Å². The van der Waals surface area contributed by atoms with Crippen LogP contribution in [0.4, 0.5) is 23.1 Å². The van der Waals surface area contributed by atoms with Crippen LogP contribution in [-0.2, 0) is 0 Å². The molecule has 5 heteroatoms. The molecule has 118 valence electrons. The van der Waals surface area contributed by atoms with Crippen molar-refractivity contribution in [3.8, 4) is 6.07 Å². The molecule has 0 spiro atoms. The van der Waals surface area contributed by atoms with Crippen LogP contribution in [0.15, 0.2) is 66.9 Å². The first-order valence-corrected chi connectivity index (χ1v) is 7.73. The van der Waals surface area contributed by atoms with E-state index in [0.29, 0.717) is 11.5 Å². The quantitative estimate of drug-likeness (QED) is 0.762. The summed E-state index contributed by atoms with van der Waals surface area (Å²) in [6.07, 6.45) is 1.74. The van der Waals surface area contributed by atoms with Gasteiger partial charge in [0.25, 0.3) is 0 Å². The van der Waals surface area contributed by atoms with Crippen LogP contribution in [0.5, 0.6) is 0 Å². The lowest BCUT2D eigenvalue weighted by Gasteiger charge is -2.22. The molecule has 0 bridgehead atoms. The number of nitriles is 1. The summed E-state index contributed by atoms with van der Waals surface area (Å²) in [5.41, 5.74) is 2.55. The Labute approximate surface area is 141 Å². The third kappa shape index (κ3) is 3.50. The Morgan fingerprint density at radius 3 is 2.46 bits per heavy atom. The minimum atomic E-state index is 0.520. The van der Waals surface area contributed by atoms with Crippen molar-refractivity contribution in [2.75, 3.05) is 16.8 Å². The monoisotopic (exact) mass is 315 g/mol. The first-order chi connectivity index (χ1) is 11.8. The maximum Gasteiger partial charge on any atom is 0.229 e. The van der Waals surface area contributed by atoms with Crippen LogP contribution in [0.25, 0.3) is 0 Å². The number of anilines is 4. The smallest absolute Gasteiger partial charge is 0.229 e. The highest BCUT2D eigenvalue weighted by Gasteiger charge is 2.09. The Bertz CT molecular complexity index is 838. The van der Waals surface area contributed by atoms with Gasteiger partial charge in [-0.1, -0.05) is 18.2 Å². The van der Waals surface area contributed by atoms with Crippen molar-refractivity contribution in [2.45, 2.75) is 6.92 Å². The van der Waals surface area contributed by atoms with E-state index in [4.69, 9.17) is 5.26 Å². The summed E-state index contributed by atoms with van der Waals surface area (Å²) in [7, 11) is 0. The molecular formula is C19H17N5. The van der Waals surface area contributed by atoms with Gasteiger partial charge < -0.3 is 10.2 Å². The van der Waals surface area contributed by atoms with E-state index < -0.39 is 0 Å². The van der Waals surface area contributed by atoms with Crippen LogP contribution >= 0.6 is 0 Å². The SMILES string of the molecule is CCN(c1ccccc1)c1ccnc(Nc2ccc(C#N)cc2)n1. The summed E-state index contributed by atoms with van der Waals surface area (Å²) in [6, 6.07) is 21.3. The zero-order chi connectivity index (χ0) is 16.8. The molecule has 0 radical (unpaired) electrons. The van der Waals surface area contributed by atoms with Crippen LogP contribution in [-0.4, -0.2) is 16.5 Å². The third-order valence-corrected chi connectivity index (χ3v) is 3.57. The summed E-state index contributed by atoms with van der Waals surface area (Å²) in [4.78, 5) is 11.0. The number of para-hydroxylation sites is 1. The van der Waals surface area contributed by atoms with Crippen LogP contribution in [0.1, 0.15) is 12.5 Å². The fraction of sp³-hybridized carbons (Fsp3) is 0.105. The molecule has 1 N–H and O–H groups in total. The van der Waals surface area contributed by atoms with E-state index in [1.165, 1.54) is 0 Å². The van der Waals surface area contributed by atoms with Gasteiger partial charge in [0.2, 0.25) is 5.95 Å². The number of nitrogens with one attached hydrogen (secondary N) is 1. The lowest BCUT2D eigenvalue weighted by Crippen LogP contribution is -2.17. The molecule has 0 saturated heterocycles. The van der Waals surface area contributed by atoms with Crippen LogP contribution < -0.4 is 10.2 Å².